The van der Waals surface area contributed by atoms with Gasteiger partial charge in [0.1, 0.15) is 5.69 Å². The number of nitrogens with one attached hydrogen (secondary N) is 1. The van der Waals surface area contributed by atoms with Gasteiger partial charge < -0.3 is 14.4 Å². The molecule has 2 unspecified atom stereocenters. The number of carbonyl (C=O) groups excluding carboxylic acids is 1. The number of nitrogens with zero attached hydrogens (tertiary/aromatic N) is 3. The third kappa shape index (κ3) is 3.50. The highest BCUT2D eigenvalue weighted by atomic mass is 16.5. The van der Waals surface area contributed by atoms with Gasteiger partial charge in [0.2, 0.25) is 0 Å². The van der Waals surface area contributed by atoms with E-state index in [0.29, 0.717) is 32.0 Å². The molecule has 7 nitrogen and oxygen atoms in total. The van der Waals surface area contributed by atoms with Gasteiger partial charge in [-0.3, -0.25) is 14.9 Å². The zero-order valence-electron chi connectivity index (χ0n) is 14.8. The van der Waals surface area contributed by atoms with Gasteiger partial charge in [-0.1, -0.05) is 0 Å². The maximum Gasteiger partial charge on any atom is 0.271 e. The fourth-order valence-electron chi connectivity index (χ4n) is 4.07. The highest BCUT2D eigenvalue weighted by Gasteiger charge is 2.47. The number of carbonyl (C=O) groups is 1. The van der Waals surface area contributed by atoms with Crippen LogP contribution in [-0.4, -0.2) is 58.4 Å². The van der Waals surface area contributed by atoms with Crippen LogP contribution in [0.4, 0.5) is 0 Å². The minimum atomic E-state index is -0.140. The summed E-state index contributed by atoms with van der Waals surface area (Å²) in [5, 5.41) is 6.67. The summed E-state index contributed by atoms with van der Waals surface area (Å²) in [5.41, 5.74) is 1.50. The molecular formula is C19H24N4O3. The van der Waals surface area contributed by atoms with E-state index >= 15 is 0 Å². The van der Waals surface area contributed by atoms with Gasteiger partial charge >= 0.3 is 0 Å². The number of H-pyrrole nitrogens is 1. The van der Waals surface area contributed by atoms with Gasteiger partial charge in [0, 0.05) is 43.7 Å². The molecule has 2 aliphatic heterocycles. The average Bonchev–Trinajstić information content (AvgIpc) is 3.22. The van der Waals surface area contributed by atoms with Crippen LogP contribution in [0, 0.1) is 5.41 Å². The van der Waals surface area contributed by atoms with Crippen LogP contribution < -0.4 is 0 Å². The lowest BCUT2D eigenvalue weighted by molar-refractivity contribution is -0.148. The van der Waals surface area contributed by atoms with Crippen molar-refractivity contribution in [3.63, 3.8) is 0 Å². The highest BCUT2D eigenvalue weighted by molar-refractivity contribution is 5.92. The van der Waals surface area contributed by atoms with Crippen molar-refractivity contribution < 1.29 is 14.3 Å². The zero-order chi connectivity index (χ0) is 17.8. The lowest BCUT2D eigenvalue weighted by Gasteiger charge is -2.50. The summed E-state index contributed by atoms with van der Waals surface area (Å²) in [6, 6.07) is 5.64. The molecule has 0 saturated carbocycles. The number of piperidine rings is 1. The first kappa shape index (κ1) is 17.2. The zero-order valence-corrected chi connectivity index (χ0v) is 14.8. The molecule has 2 atom stereocenters. The van der Waals surface area contributed by atoms with Crippen molar-refractivity contribution in [3.8, 4) is 0 Å². The normalized spacial score (nSPS) is 25.7. The number of aromatic nitrogens is 3. The molecule has 4 heterocycles. The number of likely N-dealkylation sites (tertiary alicyclic amines) is 1. The Morgan fingerprint density at radius 2 is 2.23 bits per heavy atom. The molecule has 26 heavy (non-hydrogen) atoms. The molecule has 0 aromatic carbocycles. The van der Waals surface area contributed by atoms with Crippen LogP contribution in [0.5, 0.6) is 0 Å². The number of rotatable bonds is 5. The summed E-state index contributed by atoms with van der Waals surface area (Å²) in [6.07, 6.45) is 8.17. The number of ether oxygens (including phenoxy) is 2. The first-order valence-electron chi connectivity index (χ1n) is 9.14. The highest BCUT2D eigenvalue weighted by Crippen LogP contribution is 2.41. The maximum absolute atomic E-state index is 12.7. The maximum atomic E-state index is 12.7. The molecule has 1 N–H and O–H groups in total. The van der Waals surface area contributed by atoms with Crippen molar-refractivity contribution in [1.82, 2.24) is 20.1 Å². The molecular weight excluding hydrogens is 332 g/mol. The van der Waals surface area contributed by atoms with Crippen LogP contribution in [0.25, 0.3) is 0 Å². The molecule has 1 amide bonds. The van der Waals surface area contributed by atoms with Crippen molar-refractivity contribution in [2.45, 2.75) is 32.0 Å². The number of amides is 1. The summed E-state index contributed by atoms with van der Waals surface area (Å²) in [7, 11) is 0. The van der Waals surface area contributed by atoms with E-state index in [1.807, 2.05) is 17.0 Å². The number of hydrogen-bond donors (Lipinski definition) is 1. The number of pyridine rings is 1. The van der Waals surface area contributed by atoms with Gasteiger partial charge in [-0.2, -0.15) is 5.10 Å². The number of fused-ring (bicyclic) bond motifs is 1. The predicted octanol–water partition coefficient (Wildman–Crippen LogP) is 2.03. The third-order valence-electron chi connectivity index (χ3n) is 5.41. The SMILES string of the molecule is O=C(c1ccn[nH]1)N1CCC2OCCCC2(COCc2ccncc2)C1. The molecule has 0 aliphatic carbocycles. The Morgan fingerprint density at radius 3 is 3.04 bits per heavy atom. The first-order chi connectivity index (χ1) is 12.8. The smallest absolute Gasteiger partial charge is 0.271 e. The summed E-state index contributed by atoms with van der Waals surface area (Å²) >= 11 is 0. The van der Waals surface area contributed by atoms with Crippen molar-refractivity contribution in [1.29, 1.82) is 0 Å². The van der Waals surface area contributed by atoms with E-state index in [1.165, 1.54) is 0 Å². The molecule has 2 saturated heterocycles. The second kappa shape index (κ2) is 7.55. The average molecular weight is 356 g/mol. The Labute approximate surface area is 152 Å². The van der Waals surface area contributed by atoms with E-state index in [-0.39, 0.29) is 17.4 Å². The molecule has 138 valence electrons. The molecule has 2 aliphatic rings. The van der Waals surface area contributed by atoms with E-state index in [9.17, 15) is 4.79 Å². The van der Waals surface area contributed by atoms with Crippen LogP contribution >= 0.6 is 0 Å². The molecule has 2 fully saturated rings. The summed E-state index contributed by atoms with van der Waals surface area (Å²) < 4.78 is 12.1. The van der Waals surface area contributed by atoms with Crippen molar-refractivity contribution in [3.05, 3.63) is 48.0 Å². The monoisotopic (exact) mass is 356 g/mol. The molecule has 7 heteroatoms. The van der Waals surface area contributed by atoms with Crippen molar-refractivity contribution in [2.75, 3.05) is 26.3 Å². The second-order valence-electron chi connectivity index (χ2n) is 7.16. The van der Waals surface area contributed by atoms with Crippen molar-refractivity contribution in [2.24, 2.45) is 5.41 Å². The summed E-state index contributed by atoms with van der Waals surface area (Å²) in [6.45, 7) is 3.30. The van der Waals surface area contributed by atoms with Crippen molar-refractivity contribution >= 4 is 5.91 Å². The topological polar surface area (TPSA) is 80.3 Å². The van der Waals surface area contributed by atoms with Gasteiger partial charge in [0.15, 0.2) is 0 Å². The quantitative estimate of drug-likeness (QED) is 0.887. The molecule has 0 radical (unpaired) electrons. The van der Waals surface area contributed by atoms with Gasteiger partial charge in [-0.15, -0.1) is 0 Å². The Kier molecular flexibility index (Phi) is 4.99. The summed E-state index contributed by atoms with van der Waals surface area (Å²) in [4.78, 5) is 18.7. The fourth-order valence-corrected chi connectivity index (χ4v) is 4.07. The summed E-state index contributed by atoms with van der Waals surface area (Å²) in [5.74, 6) is 0.0000298. The number of hydrogen-bond acceptors (Lipinski definition) is 5. The Morgan fingerprint density at radius 1 is 1.35 bits per heavy atom. The van der Waals surface area contributed by atoms with E-state index < -0.39 is 0 Å². The molecule has 0 bridgehead atoms. The van der Waals surface area contributed by atoms with Gasteiger partial charge in [-0.05, 0) is 43.0 Å². The largest absolute Gasteiger partial charge is 0.377 e. The Hall–Kier alpha value is -2.25. The van der Waals surface area contributed by atoms with E-state index in [4.69, 9.17) is 9.47 Å². The van der Waals surface area contributed by atoms with E-state index in [2.05, 4.69) is 15.2 Å². The van der Waals surface area contributed by atoms with Gasteiger partial charge in [0.05, 0.1) is 19.3 Å². The van der Waals surface area contributed by atoms with Crippen LogP contribution in [0.2, 0.25) is 0 Å². The molecule has 4 rings (SSSR count). The minimum absolute atomic E-state index is 0.0000298. The Bertz CT molecular complexity index is 722. The van der Waals surface area contributed by atoms with Crippen LogP contribution in [0.3, 0.4) is 0 Å². The lowest BCUT2D eigenvalue weighted by Crippen LogP contribution is -2.58. The van der Waals surface area contributed by atoms with Crippen LogP contribution in [0.15, 0.2) is 36.8 Å². The predicted molar refractivity (Wildman–Crippen MR) is 94.4 cm³/mol. The lowest BCUT2D eigenvalue weighted by atomic mass is 9.73. The number of aromatic amines is 1. The standard InChI is InChI=1S/C19H24N4O3/c24-18(16-4-9-21-22-16)23-10-5-17-19(13-23,6-1-11-26-17)14-25-12-15-2-7-20-8-3-15/h2-4,7-9,17H,1,5-6,10-14H2,(H,21,22). The van der Waals surface area contributed by atoms with Gasteiger partial charge in [0.25, 0.3) is 5.91 Å². The van der Waals surface area contributed by atoms with Crippen LogP contribution in [0.1, 0.15) is 35.3 Å². The van der Waals surface area contributed by atoms with Gasteiger partial charge in [-0.25, -0.2) is 0 Å². The Balaban J connectivity index is 1.45. The fraction of sp³-hybridized carbons (Fsp3) is 0.526. The first-order valence-corrected chi connectivity index (χ1v) is 9.14. The molecule has 2 aromatic heterocycles. The van der Waals surface area contributed by atoms with E-state index in [1.54, 1.807) is 24.7 Å². The molecule has 2 aromatic rings. The third-order valence-corrected chi connectivity index (χ3v) is 5.41. The molecule has 0 spiro atoms. The minimum Gasteiger partial charge on any atom is -0.377 e. The van der Waals surface area contributed by atoms with E-state index in [0.717, 1.165) is 31.4 Å². The van der Waals surface area contributed by atoms with Crippen LogP contribution in [-0.2, 0) is 16.1 Å². The second-order valence-corrected chi connectivity index (χ2v) is 7.16.